The Hall–Kier alpha value is -1.30. The van der Waals surface area contributed by atoms with E-state index >= 15 is 0 Å². The van der Waals surface area contributed by atoms with Crippen LogP contribution in [0.5, 0.6) is 0 Å². The van der Waals surface area contributed by atoms with E-state index in [1.165, 1.54) is 22.9 Å². The number of rotatable bonds is 7. The number of hydrogen-bond donors (Lipinski definition) is 0. The van der Waals surface area contributed by atoms with Gasteiger partial charge in [-0.2, -0.15) is 0 Å². The predicted octanol–water partition coefficient (Wildman–Crippen LogP) is 7.98. The Morgan fingerprint density at radius 3 is 2.34 bits per heavy atom. The van der Waals surface area contributed by atoms with Crippen molar-refractivity contribution >= 4 is 36.6 Å². The highest BCUT2D eigenvalue weighted by Gasteiger charge is 2.46. The monoisotopic (exact) mass is 516 g/mol. The highest BCUT2D eigenvalue weighted by Crippen LogP contribution is 2.47. The molecule has 1 saturated heterocycles. The summed E-state index contributed by atoms with van der Waals surface area (Å²) < 4.78 is 8.45. The fraction of sp³-hybridized carbons (Fsp3) is 0.690. The lowest BCUT2D eigenvalue weighted by atomic mass is 9.80. The first kappa shape index (κ1) is 26.8. The lowest BCUT2D eigenvalue weighted by molar-refractivity contribution is -0.142. The predicted molar refractivity (Wildman–Crippen MR) is 150 cm³/mol. The van der Waals surface area contributed by atoms with Crippen LogP contribution in [-0.2, 0) is 9.53 Å². The van der Waals surface area contributed by atoms with Crippen molar-refractivity contribution in [1.82, 2.24) is 9.13 Å². The molecule has 0 N–H and O–H groups in total. The Balaban J connectivity index is 1.74. The minimum absolute atomic E-state index is 0.171. The minimum Gasteiger partial charge on any atom is -0.373 e. The van der Waals surface area contributed by atoms with Crippen molar-refractivity contribution in [3.63, 3.8) is 0 Å². The molecule has 1 saturated carbocycles. The third-order valence-electron chi connectivity index (χ3n) is 9.18. The van der Waals surface area contributed by atoms with Crippen LogP contribution >= 0.6 is 11.6 Å². The highest BCUT2D eigenvalue weighted by molar-refractivity contribution is 6.82. The van der Waals surface area contributed by atoms with Gasteiger partial charge in [0.25, 0.3) is 5.91 Å². The summed E-state index contributed by atoms with van der Waals surface area (Å²) in [6.45, 7) is 15.3. The number of carbonyl (C=O) groups is 1. The van der Waals surface area contributed by atoms with E-state index in [1.807, 2.05) is 11.9 Å². The van der Waals surface area contributed by atoms with Gasteiger partial charge < -0.3 is 13.9 Å². The average Bonchev–Trinajstić information content (AvgIpc) is 3.47. The fourth-order valence-corrected chi connectivity index (χ4v) is 14.5. The molecule has 2 fully saturated rings. The molecule has 1 amide bonds. The van der Waals surface area contributed by atoms with Crippen molar-refractivity contribution in [2.24, 2.45) is 0 Å². The lowest BCUT2D eigenvalue weighted by Gasteiger charge is -2.44. The molecular weight excluding hydrogens is 472 g/mol. The number of carbonyl (C=O) groups excluding carboxylic acids is 1. The molecule has 6 heteroatoms. The summed E-state index contributed by atoms with van der Waals surface area (Å²) in [6, 6.07) is 6.77. The molecule has 2 heterocycles. The molecule has 194 valence electrons. The Labute approximate surface area is 218 Å². The zero-order valence-corrected chi connectivity index (χ0v) is 24.6. The zero-order chi connectivity index (χ0) is 25.5. The average molecular weight is 517 g/mol. The quantitative estimate of drug-likeness (QED) is 0.349. The largest absolute Gasteiger partial charge is 0.373 e. The van der Waals surface area contributed by atoms with Crippen LogP contribution in [0.1, 0.15) is 91.5 Å². The van der Waals surface area contributed by atoms with Gasteiger partial charge in [0.2, 0.25) is 0 Å². The number of halogens is 1. The molecule has 0 spiro atoms. The Bertz CT molecular complexity index is 1020. The molecule has 0 unspecified atom stereocenters. The summed E-state index contributed by atoms with van der Waals surface area (Å²) >= 11 is 6.57. The summed E-state index contributed by atoms with van der Waals surface area (Å²) in [7, 11) is 0.0813. The summed E-state index contributed by atoms with van der Waals surface area (Å²) in [5.41, 5.74) is 4.64. The van der Waals surface area contributed by atoms with Crippen LogP contribution in [0.25, 0.3) is 10.9 Å². The van der Waals surface area contributed by atoms with Crippen molar-refractivity contribution < 1.29 is 9.53 Å². The fourth-order valence-electron chi connectivity index (χ4n) is 7.69. The summed E-state index contributed by atoms with van der Waals surface area (Å²) in [5.74, 6) is 0.610. The molecule has 0 radical (unpaired) electrons. The number of amides is 1. The summed E-state index contributed by atoms with van der Waals surface area (Å²) in [5, 5.41) is 2.12. The van der Waals surface area contributed by atoms with E-state index in [4.69, 9.17) is 16.3 Å². The topological polar surface area (TPSA) is 34.5 Å². The van der Waals surface area contributed by atoms with E-state index < -0.39 is 8.24 Å². The number of ether oxygens (including phenoxy) is 1. The van der Waals surface area contributed by atoms with E-state index in [2.05, 4.69) is 70.2 Å². The first-order chi connectivity index (χ1) is 16.6. The molecular formula is C29H45ClN2O2Si. The van der Waals surface area contributed by atoms with Gasteiger partial charge in [-0.05, 0) is 84.6 Å². The zero-order valence-electron chi connectivity index (χ0n) is 22.8. The van der Waals surface area contributed by atoms with Crippen LogP contribution in [0.2, 0.25) is 21.6 Å². The van der Waals surface area contributed by atoms with E-state index in [9.17, 15) is 4.79 Å². The van der Waals surface area contributed by atoms with Gasteiger partial charge in [-0.25, -0.2) is 0 Å². The number of likely N-dealkylation sites (N-methyl/N-ethyl adjacent to an activating group) is 1. The minimum atomic E-state index is -1.91. The molecule has 1 aliphatic carbocycles. The van der Waals surface area contributed by atoms with Crippen molar-refractivity contribution in [3.05, 3.63) is 35.0 Å². The van der Waals surface area contributed by atoms with E-state index in [-0.39, 0.29) is 18.1 Å². The van der Waals surface area contributed by atoms with Gasteiger partial charge in [-0.1, -0.05) is 59.6 Å². The van der Waals surface area contributed by atoms with Crippen LogP contribution < -0.4 is 0 Å². The Morgan fingerprint density at radius 1 is 1.06 bits per heavy atom. The molecule has 1 aromatic carbocycles. The number of hydrogen-bond acceptors (Lipinski definition) is 2. The van der Waals surface area contributed by atoms with Crippen LogP contribution in [0.15, 0.2) is 24.4 Å². The van der Waals surface area contributed by atoms with Crippen molar-refractivity contribution in [3.8, 4) is 0 Å². The van der Waals surface area contributed by atoms with Gasteiger partial charge in [0.15, 0.2) is 8.24 Å². The van der Waals surface area contributed by atoms with Crippen molar-refractivity contribution in [2.75, 3.05) is 13.7 Å². The number of nitrogens with zero attached hydrogens (tertiary/aromatic N) is 2. The number of benzene rings is 1. The molecule has 4 rings (SSSR count). The standard InChI is InChI=1S/C29H45ClN2O2Si/c1-19(2)35(20(3)4,21(5)6)32-18-26(25-17-23(30)13-14-27(25)32)22-10-8-11-24(16-22)31(7)29(33)28-12-9-15-34-28/h13-14,17-22,24,28H,8-12,15-16H2,1-7H3/t22-,24+,28+/m1/s1. The number of aromatic nitrogens is 1. The number of fused-ring (bicyclic) bond motifs is 1. The van der Waals surface area contributed by atoms with Crippen LogP contribution in [-0.4, -0.2) is 49.1 Å². The van der Waals surface area contributed by atoms with Gasteiger partial charge in [-0.3, -0.25) is 4.79 Å². The van der Waals surface area contributed by atoms with Crippen LogP contribution in [0, 0.1) is 0 Å². The maximum absolute atomic E-state index is 13.1. The smallest absolute Gasteiger partial charge is 0.251 e. The van der Waals surface area contributed by atoms with E-state index in [1.54, 1.807) is 0 Å². The SMILES string of the molecule is CC(C)[Si](C(C)C)(C(C)C)n1cc([C@@H]2CCC[C@H](N(C)C(=O)[C@@H]3CCCO3)C2)c2cc(Cl)ccc21. The van der Waals surface area contributed by atoms with Crippen molar-refractivity contribution in [1.29, 1.82) is 0 Å². The molecule has 2 aliphatic rings. The maximum atomic E-state index is 13.1. The van der Waals surface area contributed by atoms with E-state index in [0.717, 1.165) is 37.1 Å². The third kappa shape index (κ3) is 4.73. The van der Waals surface area contributed by atoms with Crippen LogP contribution in [0.3, 0.4) is 0 Å². The maximum Gasteiger partial charge on any atom is 0.251 e. The van der Waals surface area contributed by atoms with Gasteiger partial charge in [0.05, 0.1) is 0 Å². The second kappa shape index (κ2) is 10.6. The summed E-state index contributed by atoms with van der Waals surface area (Å²) in [6.07, 6.45) is 8.53. The molecule has 35 heavy (non-hydrogen) atoms. The van der Waals surface area contributed by atoms with Gasteiger partial charge in [0, 0.05) is 35.6 Å². The van der Waals surface area contributed by atoms with E-state index in [0.29, 0.717) is 29.1 Å². The first-order valence-electron chi connectivity index (χ1n) is 13.8. The highest BCUT2D eigenvalue weighted by atomic mass is 35.5. The molecule has 1 aliphatic heterocycles. The molecule has 2 aromatic rings. The second-order valence-electron chi connectivity index (χ2n) is 11.9. The first-order valence-corrected chi connectivity index (χ1v) is 16.3. The van der Waals surface area contributed by atoms with Gasteiger partial charge >= 0.3 is 0 Å². The molecule has 3 atom stereocenters. The lowest BCUT2D eigenvalue weighted by Crippen LogP contribution is -2.51. The molecule has 4 nitrogen and oxygen atoms in total. The Morgan fingerprint density at radius 2 is 1.74 bits per heavy atom. The normalized spacial score (nSPS) is 23.7. The summed E-state index contributed by atoms with van der Waals surface area (Å²) in [4.78, 5) is 15.1. The van der Waals surface area contributed by atoms with Gasteiger partial charge in [-0.15, -0.1) is 0 Å². The van der Waals surface area contributed by atoms with Crippen LogP contribution in [0.4, 0.5) is 0 Å². The van der Waals surface area contributed by atoms with Gasteiger partial charge in [0.1, 0.15) is 6.10 Å². The van der Waals surface area contributed by atoms with Crippen molar-refractivity contribution in [2.45, 2.75) is 115 Å². The Kier molecular flexibility index (Phi) is 8.09. The molecule has 1 aromatic heterocycles. The third-order valence-corrected chi connectivity index (χ3v) is 16.2. The second-order valence-corrected chi connectivity index (χ2v) is 18.1. The molecule has 0 bridgehead atoms.